The van der Waals surface area contributed by atoms with E-state index in [1.54, 1.807) is 11.0 Å². The number of carboxylic acids is 3. The van der Waals surface area contributed by atoms with Gasteiger partial charge in [0.25, 0.3) is 0 Å². The first-order chi connectivity index (χ1) is 63.7. The molecule has 3 saturated heterocycles. The first-order valence-electron chi connectivity index (χ1n) is 48.5. The molecule has 6 aromatic heterocycles. The molecule has 42 heteroatoms. The van der Waals surface area contributed by atoms with Gasteiger partial charge in [0.1, 0.15) is 40.6 Å². The number of anilines is 6. The molecule has 6 fully saturated rings. The maximum absolute atomic E-state index is 12.4. The van der Waals surface area contributed by atoms with Crippen LogP contribution >= 0.6 is 0 Å². The monoisotopic (exact) mass is 1830 g/mol. The fourth-order valence-electron chi connectivity index (χ4n) is 17.3. The molecule has 0 spiro atoms. The number of carboxylic acid groups (broad SMARTS) is 3. The molecule has 3 amide bonds. The van der Waals surface area contributed by atoms with Gasteiger partial charge < -0.3 is 111 Å². The van der Waals surface area contributed by atoms with Crippen molar-refractivity contribution in [1.29, 1.82) is 0 Å². The number of nitrogens with two attached hydrogens (primary N) is 2. The Morgan fingerprint density at radius 2 is 0.748 bits per heavy atom. The van der Waals surface area contributed by atoms with Crippen molar-refractivity contribution in [3.05, 3.63) is 71.0 Å². The minimum absolute atomic E-state index is 0.0304. The van der Waals surface area contributed by atoms with E-state index in [2.05, 4.69) is 125 Å². The summed E-state index contributed by atoms with van der Waals surface area (Å²) in [5.41, 5.74) is 16.7. The van der Waals surface area contributed by atoms with Crippen LogP contribution < -0.4 is 80.6 Å². The second-order valence-electron chi connectivity index (χ2n) is 35.6. The number of rotatable bonds is 55. The maximum Gasteiger partial charge on any atom is 0.320 e. The second-order valence-corrected chi connectivity index (χ2v) is 35.6. The van der Waals surface area contributed by atoms with Gasteiger partial charge in [-0.1, -0.05) is 73.4 Å². The Morgan fingerprint density at radius 3 is 1.11 bits per heavy atom. The molecular formula is C89H151N33O9. The lowest BCUT2D eigenvalue weighted by atomic mass is 9.93. The summed E-state index contributed by atoms with van der Waals surface area (Å²) >= 11 is 0. The summed E-state index contributed by atoms with van der Waals surface area (Å²) in [6.45, 7) is 21.2. The summed E-state index contributed by atoms with van der Waals surface area (Å²) in [7, 11) is 0. The standard InChI is InChI=1S/2C30H51N11O3.C29H49N11O3/c1-23-19-27(36-25-10-17-40(18-11-25)28(42)9-15-32-21-29(43)44)37-30(35-23)34-20-26-22-41(39-38-26)16-6-13-31-12-5-14-33-24-7-3-2-4-8-24;1-22-19-27(36-24-11-17-40(18-12-24)28(42)10-9-26(31)29(43)44)37-30(35-22)34-20-25-21-41(39-38-25)16-6-14-32-13-5-15-33-23-7-3-2-4-8-23;30-26-18-25(22-9-16-39(17-10-22)27(41)8-14-32-20-28(42)43)35-29(36-26)34-19-24-21-40(38-37-24)15-5-12-31-11-4-13-33-23-6-2-1-3-7-23/h19,22,24-25,31-33H,2-18,20-21H2,1H3,(H,43,44)(H2,34,35,36,37);19,21,23-24,26,32-33H,2-18,20,31H2,1H3,(H,43,44)(H2,34,35,36,37);18,21-23,31-33H,1-17,19-20H2,(H,42,43)(H3,30,34,35,36)/t;26-;/m.0./s1. The third-order valence-corrected chi connectivity index (χ3v) is 24.7. The van der Waals surface area contributed by atoms with E-state index in [4.69, 9.17) is 31.8 Å². The molecule has 0 unspecified atom stereocenters. The average molecular weight is 1830 g/mol. The highest BCUT2D eigenvalue weighted by Crippen LogP contribution is 2.30. The van der Waals surface area contributed by atoms with E-state index in [9.17, 15) is 28.8 Å². The predicted octanol–water partition coefficient (Wildman–Crippen LogP) is 4.95. The number of carbonyl (C=O) groups excluding carboxylic acids is 3. The summed E-state index contributed by atoms with van der Waals surface area (Å²) in [5, 5.41) is 95.9. The Kier molecular flexibility index (Phi) is 46.2. The first-order valence-corrected chi connectivity index (χ1v) is 48.5. The number of carbonyl (C=O) groups is 6. The molecule has 131 heavy (non-hydrogen) atoms. The summed E-state index contributed by atoms with van der Waals surface area (Å²) in [5.74, 6) is 0.671. The Labute approximate surface area is 771 Å². The average Bonchev–Trinajstić information content (AvgIpc) is 1.81. The van der Waals surface area contributed by atoms with Crippen LogP contribution in [0.1, 0.15) is 239 Å². The van der Waals surface area contributed by atoms with Crippen molar-refractivity contribution < 1.29 is 44.1 Å². The summed E-state index contributed by atoms with van der Waals surface area (Å²) in [4.78, 5) is 102. The summed E-state index contributed by atoms with van der Waals surface area (Å²) < 4.78 is 5.63. The minimum Gasteiger partial charge on any atom is -0.480 e. The van der Waals surface area contributed by atoms with Crippen LogP contribution in [0.3, 0.4) is 0 Å². The number of nitrogen functional groups attached to an aromatic ring is 1. The van der Waals surface area contributed by atoms with Gasteiger partial charge in [0.15, 0.2) is 0 Å². The summed E-state index contributed by atoms with van der Waals surface area (Å²) in [6, 6.07) is 7.22. The third-order valence-electron chi connectivity index (χ3n) is 24.7. The van der Waals surface area contributed by atoms with Crippen molar-refractivity contribution in [2.75, 3.05) is 157 Å². The van der Waals surface area contributed by atoms with Crippen molar-refractivity contribution in [3.63, 3.8) is 0 Å². The Balaban J connectivity index is 0.000000204. The number of nitrogens with zero attached hydrogens (tertiary/aromatic N) is 18. The Bertz CT molecular complexity index is 4290. The number of amides is 3. The van der Waals surface area contributed by atoms with Gasteiger partial charge >= 0.3 is 17.9 Å². The predicted molar refractivity (Wildman–Crippen MR) is 503 cm³/mol. The molecule has 3 saturated carbocycles. The number of aryl methyl sites for hydroxylation is 5. The molecule has 3 aliphatic heterocycles. The molecule has 9 heterocycles. The van der Waals surface area contributed by atoms with Crippen molar-refractivity contribution in [2.24, 2.45) is 5.73 Å². The fraction of sp³-hybridized carbons (Fsp3) is 0.730. The van der Waals surface area contributed by atoms with E-state index in [-0.39, 0.29) is 68.1 Å². The number of aromatic nitrogens is 15. The normalized spacial score (nSPS) is 16.6. The largest absolute Gasteiger partial charge is 0.480 e. The van der Waals surface area contributed by atoms with Gasteiger partial charge in [-0.15, -0.1) is 15.3 Å². The minimum atomic E-state index is -1.08. The molecule has 6 aliphatic rings. The fourth-order valence-corrected chi connectivity index (χ4v) is 17.3. The molecule has 0 bridgehead atoms. The van der Waals surface area contributed by atoms with Crippen LogP contribution in [0.15, 0.2) is 36.8 Å². The van der Waals surface area contributed by atoms with Gasteiger partial charge in [-0.2, -0.15) is 15.0 Å². The quantitative estimate of drug-likeness (QED) is 0.0225. The van der Waals surface area contributed by atoms with Gasteiger partial charge in [-0.25, -0.2) is 15.0 Å². The number of likely N-dealkylation sites (tertiary alicyclic amines) is 3. The van der Waals surface area contributed by atoms with Crippen LogP contribution in [-0.4, -0.2) is 301 Å². The number of hydrogen-bond acceptors (Lipinski definition) is 33. The molecule has 1 atom stereocenters. The van der Waals surface area contributed by atoms with E-state index < -0.39 is 23.9 Å². The molecule has 726 valence electrons. The summed E-state index contributed by atoms with van der Waals surface area (Å²) in [6.07, 6.45) is 38.4. The third kappa shape index (κ3) is 40.9. The highest BCUT2D eigenvalue weighted by atomic mass is 16.4. The van der Waals surface area contributed by atoms with Crippen LogP contribution in [0.25, 0.3) is 0 Å². The number of aliphatic carboxylic acids is 3. The number of nitrogens with one attached hydrogen (secondary N) is 13. The van der Waals surface area contributed by atoms with Crippen LogP contribution in [-0.2, 0) is 68.0 Å². The molecule has 6 aromatic rings. The Hall–Kier alpha value is -10.1. The molecular weight excluding hydrogens is 1680 g/mol. The van der Waals surface area contributed by atoms with Gasteiger partial charge in [-0.3, -0.25) is 42.8 Å². The molecule has 3 aliphatic carbocycles. The van der Waals surface area contributed by atoms with Crippen LogP contribution in [0.5, 0.6) is 0 Å². The van der Waals surface area contributed by atoms with Crippen molar-refractivity contribution in [3.8, 4) is 0 Å². The van der Waals surface area contributed by atoms with Crippen LogP contribution in [0.2, 0.25) is 0 Å². The zero-order valence-electron chi connectivity index (χ0n) is 77.6. The van der Waals surface area contributed by atoms with Crippen LogP contribution in [0.4, 0.5) is 35.3 Å². The first kappa shape index (κ1) is 103. The van der Waals surface area contributed by atoms with E-state index in [0.29, 0.717) is 102 Å². The Morgan fingerprint density at radius 1 is 0.397 bits per heavy atom. The van der Waals surface area contributed by atoms with Crippen molar-refractivity contribution in [1.82, 2.24) is 132 Å². The number of piperidine rings is 3. The second kappa shape index (κ2) is 58.7. The lowest BCUT2D eigenvalue weighted by Crippen LogP contribution is -2.43. The SMILES string of the molecule is Cc1cc(NC2CCN(C(=O)CCNCC(=O)O)CC2)nc(NCc2cn(CCCNCCCNC3CCCCC3)nn2)n1.Cc1cc(NC2CCN(C(=O)CC[C@H](N)C(=O)O)CC2)nc(NCc2cn(CCCNCCCNC3CCCCC3)nn2)n1.Nc1cc(C2CCN(C(=O)CCNCC(=O)O)CC2)nc(NCc2cn(CCCNCCCNC3CCCCC3)nn2)n1. The number of hydrogen-bond donors (Lipinski definition) is 18. The van der Waals surface area contributed by atoms with Crippen molar-refractivity contribution >= 4 is 70.9 Å². The van der Waals surface area contributed by atoms with E-state index in [0.717, 1.165) is 220 Å². The topological polar surface area (TPSA) is 551 Å². The zero-order valence-corrected chi connectivity index (χ0v) is 77.6. The van der Waals surface area contributed by atoms with E-state index in [1.807, 2.05) is 68.4 Å². The molecule has 20 N–H and O–H groups in total. The van der Waals surface area contributed by atoms with Gasteiger partial charge in [0.2, 0.25) is 35.6 Å². The van der Waals surface area contributed by atoms with E-state index in [1.165, 1.54) is 96.3 Å². The van der Waals surface area contributed by atoms with Gasteiger partial charge in [-0.05, 0) is 195 Å². The smallest absolute Gasteiger partial charge is 0.320 e. The van der Waals surface area contributed by atoms with Gasteiger partial charge in [0.05, 0.1) is 57.0 Å². The molecule has 12 rings (SSSR count). The lowest BCUT2D eigenvalue weighted by molar-refractivity contribution is -0.139. The highest BCUT2D eigenvalue weighted by Gasteiger charge is 2.29. The lowest BCUT2D eigenvalue weighted by Gasteiger charge is -2.33. The molecule has 0 radical (unpaired) electrons. The zero-order chi connectivity index (χ0) is 92.4. The molecule has 0 aromatic carbocycles. The maximum atomic E-state index is 12.4. The van der Waals surface area contributed by atoms with Crippen LogP contribution in [0, 0.1) is 13.8 Å². The molecule has 42 nitrogen and oxygen atoms in total. The highest BCUT2D eigenvalue weighted by molar-refractivity contribution is 5.79. The van der Waals surface area contributed by atoms with E-state index >= 15 is 0 Å². The van der Waals surface area contributed by atoms with Crippen molar-refractivity contribution in [2.45, 2.75) is 294 Å². The van der Waals surface area contributed by atoms with Gasteiger partial charge in [0, 0.05) is 157 Å².